The van der Waals surface area contributed by atoms with Gasteiger partial charge in [-0.15, -0.1) is 0 Å². The lowest BCUT2D eigenvalue weighted by molar-refractivity contribution is 0.0944. The molecule has 21 heavy (non-hydrogen) atoms. The van der Waals surface area contributed by atoms with Crippen molar-refractivity contribution in [2.75, 3.05) is 6.54 Å². The summed E-state index contributed by atoms with van der Waals surface area (Å²) in [4.78, 5) is 26.6. The maximum atomic E-state index is 12.0. The van der Waals surface area contributed by atoms with Crippen LogP contribution in [0.2, 0.25) is 0 Å². The minimum Gasteiger partial charge on any atom is -0.357 e. The maximum absolute atomic E-state index is 12.0. The predicted octanol–water partition coefficient (Wildman–Crippen LogP) is 2.34. The number of hydrogen-bond donors (Lipinski definition) is 3. The van der Waals surface area contributed by atoms with E-state index < -0.39 is 0 Å². The topological polar surface area (TPSA) is 86.5 Å². The van der Waals surface area contributed by atoms with Crippen LogP contribution in [0.3, 0.4) is 0 Å². The van der Waals surface area contributed by atoms with Gasteiger partial charge in [-0.1, -0.05) is 13.8 Å². The summed E-state index contributed by atoms with van der Waals surface area (Å²) in [5, 5.41) is 3.82. The number of aromatic amines is 2. The number of H-pyrrole nitrogens is 2. The van der Waals surface area contributed by atoms with E-state index in [1.165, 1.54) is 6.33 Å². The fraction of sp³-hybridized carbons (Fsp3) is 0.267. The second-order valence-corrected chi connectivity index (χ2v) is 5.37. The number of nitrogens with zero attached hydrogens (tertiary/aromatic N) is 2. The summed E-state index contributed by atoms with van der Waals surface area (Å²) < 4.78 is 0. The Hall–Kier alpha value is -2.63. The van der Waals surface area contributed by atoms with Crippen LogP contribution in [0, 0.1) is 5.92 Å². The second kappa shape index (κ2) is 5.40. The Kier molecular flexibility index (Phi) is 3.43. The normalized spacial score (nSPS) is 11.2. The van der Waals surface area contributed by atoms with Crippen molar-refractivity contribution in [3.63, 3.8) is 0 Å². The highest BCUT2D eigenvalue weighted by Crippen LogP contribution is 2.25. The molecular formula is C15H17N5O. The zero-order valence-corrected chi connectivity index (χ0v) is 12.0. The Morgan fingerprint density at radius 3 is 3.00 bits per heavy atom. The van der Waals surface area contributed by atoms with E-state index in [9.17, 15) is 4.79 Å². The number of rotatable bonds is 4. The number of carbonyl (C=O) groups excluding carboxylic acids is 1. The number of amides is 1. The molecule has 0 aliphatic rings. The van der Waals surface area contributed by atoms with Crippen molar-refractivity contribution in [1.29, 1.82) is 0 Å². The van der Waals surface area contributed by atoms with Crippen molar-refractivity contribution in [3.8, 4) is 11.3 Å². The summed E-state index contributed by atoms with van der Waals surface area (Å²) in [6, 6.07) is 3.74. The van der Waals surface area contributed by atoms with Crippen LogP contribution in [-0.2, 0) is 0 Å². The zero-order valence-electron chi connectivity index (χ0n) is 12.0. The first-order valence-electron chi connectivity index (χ1n) is 6.90. The van der Waals surface area contributed by atoms with Gasteiger partial charge in [-0.05, 0) is 18.1 Å². The lowest BCUT2D eigenvalue weighted by Gasteiger charge is -2.05. The molecule has 6 nitrogen and oxygen atoms in total. The standard InChI is InChI=1S/C15H17N5O/c1-9(2)6-18-15(21)12-5-10(7-17-12)13-11-3-4-16-14(11)20-8-19-13/h3-5,7-9,17H,6H2,1-2H3,(H,18,21)(H,16,19,20). The van der Waals surface area contributed by atoms with E-state index in [4.69, 9.17) is 0 Å². The van der Waals surface area contributed by atoms with Gasteiger partial charge in [-0.25, -0.2) is 9.97 Å². The van der Waals surface area contributed by atoms with E-state index in [0.717, 1.165) is 22.3 Å². The summed E-state index contributed by atoms with van der Waals surface area (Å²) in [6.07, 6.45) is 5.13. The maximum Gasteiger partial charge on any atom is 0.267 e. The first kappa shape index (κ1) is 13.4. The Morgan fingerprint density at radius 1 is 1.33 bits per heavy atom. The highest BCUT2D eigenvalue weighted by Gasteiger charge is 2.13. The Balaban J connectivity index is 1.88. The molecule has 6 heteroatoms. The largest absolute Gasteiger partial charge is 0.357 e. The minimum absolute atomic E-state index is 0.102. The van der Waals surface area contributed by atoms with E-state index in [1.807, 2.05) is 18.3 Å². The van der Waals surface area contributed by atoms with Gasteiger partial charge in [-0.2, -0.15) is 0 Å². The number of carbonyl (C=O) groups is 1. The molecule has 0 spiro atoms. The average Bonchev–Trinajstić information content (AvgIpc) is 3.12. The lowest BCUT2D eigenvalue weighted by atomic mass is 10.1. The van der Waals surface area contributed by atoms with Gasteiger partial charge in [0.2, 0.25) is 0 Å². The summed E-state index contributed by atoms with van der Waals surface area (Å²) in [7, 11) is 0. The van der Waals surface area contributed by atoms with Crippen LogP contribution in [0.5, 0.6) is 0 Å². The summed E-state index contributed by atoms with van der Waals surface area (Å²) in [5.74, 6) is 0.319. The van der Waals surface area contributed by atoms with Gasteiger partial charge in [0.15, 0.2) is 0 Å². The highest BCUT2D eigenvalue weighted by molar-refractivity contribution is 5.96. The van der Waals surface area contributed by atoms with Crippen molar-refractivity contribution in [2.24, 2.45) is 5.92 Å². The fourth-order valence-corrected chi connectivity index (χ4v) is 2.16. The van der Waals surface area contributed by atoms with E-state index in [2.05, 4.69) is 39.1 Å². The molecule has 3 aromatic rings. The average molecular weight is 283 g/mol. The molecule has 0 fully saturated rings. The van der Waals surface area contributed by atoms with Crippen LogP contribution in [-0.4, -0.2) is 32.4 Å². The fourth-order valence-electron chi connectivity index (χ4n) is 2.16. The highest BCUT2D eigenvalue weighted by atomic mass is 16.1. The number of nitrogens with one attached hydrogen (secondary N) is 3. The van der Waals surface area contributed by atoms with Crippen molar-refractivity contribution in [1.82, 2.24) is 25.3 Å². The van der Waals surface area contributed by atoms with Crippen molar-refractivity contribution in [2.45, 2.75) is 13.8 Å². The predicted molar refractivity (Wildman–Crippen MR) is 80.8 cm³/mol. The smallest absolute Gasteiger partial charge is 0.267 e. The third-order valence-corrected chi connectivity index (χ3v) is 3.23. The third-order valence-electron chi connectivity index (χ3n) is 3.23. The Labute approximate surface area is 122 Å². The van der Waals surface area contributed by atoms with Gasteiger partial charge in [0.05, 0.1) is 5.69 Å². The van der Waals surface area contributed by atoms with Gasteiger partial charge in [0.1, 0.15) is 17.7 Å². The van der Waals surface area contributed by atoms with Crippen LogP contribution >= 0.6 is 0 Å². The Morgan fingerprint density at radius 2 is 2.19 bits per heavy atom. The van der Waals surface area contributed by atoms with Gasteiger partial charge in [-0.3, -0.25) is 4.79 Å². The van der Waals surface area contributed by atoms with Crippen LogP contribution in [0.25, 0.3) is 22.3 Å². The van der Waals surface area contributed by atoms with Crippen LogP contribution < -0.4 is 5.32 Å². The van der Waals surface area contributed by atoms with Gasteiger partial charge in [0, 0.05) is 29.9 Å². The quantitative estimate of drug-likeness (QED) is 0.687. The van der Waals surface area contributed by atoms with E-state index >= 15 is 0 Å². The SMILES string of the molecule is CC(C)CNC(=O)c1cc(-c2ncnc3[nH]ccc23)c[nH]1. The van der Waals surface area contributed by atoms with Crippen LogP contribution in [0.15, 0.2) is 30.9 Å². The molecule has 0 saturated heterocycles. The van der Waals surface area contributed by atoms with E-state index in [0.29, 0.717) is 18.2 Å². The molecule has 3 aromatic heterocycles. The molecule has 0 radical (unpaired) electrons. The molecule has 0 aliphatic heterocycles. The molecule has 3 heterocycles. The molecular weight excluding hydrogens is 266 g/mol. The van der Waals surface area contributed by atoms with Gasteiger partial charge in [0.25, 0.3) is 5.91 Å². The van der Waals surface area contributed by atoms with Gasteiger partial charge < -0.3 is 15.3 Å². The first-order chi connectivity index (χ1) is 10.1. The van der Waals surface area contributed by atoms with Crippen molar-refractivity contribution in [3.05, 3.63) is 36.5 Å². The summed E-state index contributed by atoms with van der Waals surface area (Å²) in [6.45, 7) is 4.77. The molecule has 3 rings (SSSR count). The molecule has 108 valence electrons. The summed E-state index contributed by atoms with van der Waals surface area (Å²) >= 11 is 0. The van der Waals surface area contributed by atoms with Crippen LogP contribution in [0.1, 0.15) is 24.3 Å². The number of hydrogen-bond acceptors (Lipinski definition) is 3. The molecule has 0 aliphatic carbocycles. The van der Waals surface area contributed by atoms with E-state index in [1.54, 1.807) is 6.20 Å². The molecule has 0 saturated carbocycles. The van der Waals surface area contributed by atoms with E-state index in [-0.39, 0.29) is 5.91 Å². The molecule has 0 aromatic carbocycles. The second-order valence-electron chi connectivity index (χ2n) is 5.37. The zero-order chi connectivity index (χ0) is 14.8. The molecule has 0 bridgehead atoms. The Bertz CT molecular complexity index is 771. The first-order valence-corrected chi connectivity index (χ1v) is 6.90. The van der Waals surface area contributed by atoms with Crippen LogP contribution in [0.4, 0.5) is 0 Å². The third kappa shape index (κ3) is 2.65. The van der Waals surface area contributed by atoms with Gasteiger partial charge >= 0.3 is 0 Å². The minimum atomic E-state index is -0.102. The van der Waals surface area contributed by atoms with Crippen molar-refractivity contribution >= 4 is 16.9 Å². The lowest BCUT2D eigenvalue weighted by Crippen LogP contribution is -2.27. The number of fused-ring (bicyclic) bond motifs is 1. The molecule has 1 amide bonds. The number of aromatic nitrogens is 4. The van der Waals surface area contributed by atoms with Crippen molar-refractivity contribution < 1.29 is 4.79 Å². The summed E-state index contributed by atoms with van der Waals surface area (Å²) in [5.41, 5.74) is 3.00. The monoisotopic (exact) mass is 283 g/mol. The molecule has 3 N–H and O–H groups in total. The molecule has 0 atom stereocenters. The molecule has 0 unspecified atom stereocenters.